The van der Waals surface area contributed by atoms with Gasteiger partial charge >= 0.3 is 0 Å². The van der Waals surface area contributed by atoms with Gasteiger partial charge in [-0.25, -0.2) is 4.39 Å². The Labute approximate surface area is 149 Å². The fourth-order valence-corrected chi connectivity index (χ4v) is 3.07. The van der Waals surface area contributed by atoms with E-state index in [-0.39, 0.29) is 12.1 Å². The van der Waals surface area contributed by atoms with Gasteiger partial charge in [0.25, 0.3) is 5.91 Å². The minimum atomic E-state index is -0.549. The topological polar surface area (TPSA) is 59.8 Å². The van der Waals surface area contributed by atoms with Gasteiger partial charge in [0.1, 0.15) is 5.82 Å². The number of benzene rings is 2. The van der Waals surface area contributed by atoms with Crippen molar-refractivity contribution in [3.63, 3.8) is 0 Å². The molecule has 0 fully saturated rings. The number of nitrogens with one attached hydrogen (secondary N) is 1. The lowest BCUT2D eigenvalue weighted by molar-refractivity contribution is 0.0945. The third-order valence-electron chi connectivity index (χ3n) is 3.51. The summed E-state index contributed by atoms with van der Waals surface area (Å²) in [7, 11) is 0. The molecule has 1 heterocycles. The Morgan fingerprint density at radius 2 is 1.84 bits per heavy atom. The largest absolute Gasteiger partial charge is 0.345 e. The first kappa shape index (κ1) is 17.2. The molecule has 0 radical (unpaired) electrons. The zero-order chi connectivity index (χ0) is 17.6. The van der Waals surface area contributed by atoms with Crippen molar-refractivity contribution in [1.29, 1.82) is 0 Å². The van der Waals surface area contributed by atoms with Crippen molar-refractivity contribution in [2.45, 2.75) is 18.6 Å². The lowest BCUT2D eigenvalue weighted by atomic mass is 10.2. The van der Waals surface area contributed by atoms with Crippen molar-refractivity contribution in [2.24, 2.45) is 0 Å². The number of para-hydroxylation sites is 1. The molecule has 0 aliphatic rings. The number of aromatic nitrogens is 3. The Balaban J connectivity index is 1.83. The van der Waals surface area contributed by atoms with Gasteiger partial charge in [0.15, 0.2) is 11.0 Å². The summed E-state index contributed by atoms with van der Waals surface area (Å²) in [5.74, 6) is 0.413. The molecule has 0 atom stereocenters. The van der Waals surface area contributed by atoms with E-state index >= 15 is 0 Å². The average molecular weight is 356 g/mol. The van der Waals surface area contributed by atoms with E-state index in [1.807, 2.05) is 41.8 Å². The van der Waals surface area contributed by atoms with Gasteiger partial charge in [0.05, 0.1) is 12.1 Å². The van der Waals surface area contributed by atoms with Gasteiger partial charge in [0, 0.05) is 5.69 Å². The van der Waals surface area contributed by atoms with Crippen molar-refractivity contribution in [1.82, 2.24) is 20.1 Å². The summed E-state index contributed by atoms with van der Waals surface area (Å²) < 4.78 is 15.6. The molecule has 1 amide bonds. The van der Waals surface area contributed by atoms with Crippen molar-refractivity contribution >= 4 is 17.7 Å². The molecule has 128 valence electrons. The number of halogens is 1. The second kappa shape index (κ2) is 7.94. The summed E-state index contributed by atoms with van der Waals surface area (Å²) in [6, 6.07) is 15.6. The maximum atomic E-state index is 13.7. The van der Waals surface area contributed by atoms with Gasteiger partial charge in [-0.05, 0) is 30.0 Å². The standard InChI is InChI=1S/C18H17FN4OS/c1-2-25-18-22-21-16(23(18)13-8-4-3-5-9-13)12-20-17(24)14-10-6-7-11-15(14)19/h3-11H,2,12H2,1H3,(H,20,24). The smallest absolute Gasteiger partial charge is 0.254 e. The Hall–Kier alpha value is -2.67. The summed E-state index contributed by atoms with van der Waals surface area (Å²) in [5.41, 5.74) is 0.926. The van der Waals surface area contributed by atoms with Crippen LogP contribution in [0, 0.1) is 5.82 Å². The normalized spacial score (nSPS) is 10.6. The highest BCUT2D eigenvalue weighted by atomic mass is 32.2. The molecule has 0 unspecified atom stereocenters. The molecule has 0 aliphatic heterocycles. The molecule has 0 saturated heterocycles. The fourth-order valence-electron chi connectivity index (χ4n) is 2.37. The van der Waals surface area contributed by atoms with Crippen LogP contribution in [0.3, 0.4) is 0 Å². The summed E-state index contributed by atoms with van der Waals surface area (Å²) >= 11 is 1.57. The molecule has 5 nitrogen and oxygen atoms in total. The van der Waals surface area contributed by atoms with E-state index in [9.17, 15) is 9.18 Å². The van der Waals surface area contributed by atoms with Crippen molar-refractivity contribution in [2.75, 3.05) is 5.75 Å². The highest BCUT2D eigenvalue weighted by Gasteiger charge is 2.16. The number of rotatable bonds is 6. The zero-order valence-corrected chi connectivity index (χ0v) is 14.5. The third kappa shape index (κ3) is 3.88. The van der Waals surface area contributed by atoms with Gasteiger partial charge < -0.3 is 5.32 Å². The number of nitrogens with zero attached hydrogens (tertiary/aromatic N) is 3. The summed E-state index contributed by atoms with van der Waals surface area (Å²) in [4.78, 5) is 12.2. The summed E-state index contributed by atoms with van der Waals surface area (Å²) in [5, 5.41) is 11.8. The molecule has 1 aromatic heterocycles. The van der Waals surface area contributed by atoms with E-state index in [4.69, 9.17) is 0 Å². The first-order valence-electron chi connectivity index (χ1n) is 7.86. The van der Waals surface area contributed by atoms with Crippen LogP contribution in [-0.4, -0.2) is 26.4 Å². The fraction of sp³-hybridized carbons (Fsp3) is 0.167. The Morgan fingerprint density at radius 3 is 2.56 bits per heavy atom. The number of carbonyl (C=O) groups is 1. The number of hydrogen-bond acceptors (Lipinski definition) is 4. The molecule has 25 heavy (non-hydrogen) atoms. The zero-order valence-electron chi connectivity index (χ0n) is 13.6. The van der Waals surface area contributed by atoms with E-state index in [0.29, 0.717) is 5.82 Å². The van der Waals surface area contributed by atoms with Gasteiger partial charge in [-0.1, -0.05) is 49.0 Å². The van der Waals surface area contributed by atoms with E-state index in [1.54, 1.807) is 23.9 Å². The molecule has 7 heteroatoms. The van der Waals surface area contributed by atoms with Crippen LogP contribution in [0.25, 0.3) is 5.69 Å². The lowest BCUT2D eigenvalue weighted by Crippen LogP contribution is -2.25. The van der Waals surface area contributed by atoms with E-state index in [0.717, 1.165) is 16.6 Å². The van der Waals surface area contributed by atoms with E-state index < -0.39 is 11.7 Å². The van der Waals surface area contributed by atoms with E-state index in [1.165, 1.54) is 12.1 Å². The maximum Gasteiger partial charge on any atom is 0.254 e. The summed E-state index contributed by atoms with van der Waals surface area (Å²) in [6.07, 6.45) is 0. The van der Waals surface area contributed by atoms with Gasteiger partial charge in [0.2, 0.25) is 0 Å². The second-order valence-corrected chi connectivity index (χ2v) is 6.40. The predicted octanol–water partition coefficient (Wildman–Crippen LogP) is 3.45. The van der Waals surface area contributed by atoms with Crippen LogP contribution in [0.5, 0.6) is 0 Å². The van der Waals surface area contributed by atoms with Crippen LogP contribution in [0.2, 0.25) is 0 Å². The molecule has 0 aliphatic carbocycles. The molecule has 2 aromatic carbocycles. The van der Waals surface area contributed by atoms with Crippen LogP contribution in [0.4, 0.5) is 4.39 Å². The molecular weight excluding hydrogens is 339 g/mol. The predicted molar refractivity (Wildman–Crippen MR) is 95.3 cm³/mol. The number of hydrogen-bond donors (Lipinski definition) is 1. The molecule has 3 aromatic rings. The minimum Gasteiger partial charge on any atom is -0.345 e. The van der Waals surface area contributed by atoms with Crippen LogP contribution in [0.15, 0.2) is 59.8 Å². The monoisotopic (exact) mass is 356 g/mol. The lowest BCUT2D eigenvalue weighted by Gasteiger charge is -2.10. The number of amides is 1. The van der Waals surface area contributed by atoms with Crippen LogP contribution in [0.1, 0.15) is 23.1 Å². The molecule has 0 bridgehead atoms. The molecule has 0 saturated carbocycles. The second-order valence-electron chi connectivity index (χ2n) is 5.17. The highest BCUT2D eigenvalue weighted by molar-refractivity contribution is 7.99. The number of thioether (sulfide) groups is 1. The Kier molecular flexibility index (Phi) is 5.45. The maximum absolute atomic E-state index is 13.7. The quantitative estimate of drug-likeness (QED) is 0.687. The van der Waals surface area contributed by atoms with Crippen LogP contribution >= 0.6 is 11.8 Å². The summed E-state index contributed by atoms with van der Waals surface area (Å²) in [6.45, 7) is 2.19. The average Bonchev–Trinajstić information content (AvgIpc) is 3.04. The van der Waals surface area contributed by atoms with Crippen molar-refractivity contribution in [3.8, 4) is 5.69 Å². The minimum absolute atomic E-state index is 0.0106. The molecule has 1 N–H and O–H groups in total. The first-order valence-corrected chi connectivity index (χ1v) is 8.84. The molecule has 0 spiro atoms. The van der Waals surface area contributed by atoms with E-state index in [2.05, 4.69) is 15.5 Å². The Bertz CT molecular complexity index is 867. The van der Waals surface area contributed by atoms with Crippen molar-refractivity contribution in [3.05, 3.63) is 71.8 Å². The van der Waals surface area contributed by atoms with Gasteiger partial charge in [-0.3, -0.25) is 9.36 Å². The van der Waals surface area contributed by atoms with Crippen molar-refractivity contribution < 1.29 is 9.18 Å². The van der Waals surface area contributed by atoms with Crippen LogP contribution in [-0.2, 0) is 6.54 Å². The SMILES string of the molecule is CCSc1nnc(CNC(=O)c2ccccc2F)n1-c1ccccc1. The molecule has 3 rings (SSSR count). The highest BCUT2D eigenvalue weighted by Crippen LogP contribution is 2.21. The van der Waals surface area contributed by atoms with Gasteiger partial charge in [-0.2, -0.15) is 0 Å². The molecular formula is C18H17FN4OS. The van der Waals surface area contributed by atoms with Crippen LogP contribution < -0.4 is 5.32 Å². The van der Waals surface area contributed by atoms with Gasteiger partial charge in [-0.15, -0.1) is 10.2 Å². The third-order valence-corrected chi connectivity index (χ3v) is 4.32. The Morgan fingerprint density at radius 1 is 1.12 bits per heavy atom. The number of carbonyl (C=O) groups excluding carboxylic acids is 1. The first-order chi connectivity index (χ1) is 12.2.